The van der Waals surface area contributed by atoms with Crippen LogP contribution in [0.25, 0.3) is 0 Å². The van der Waals surface area contributed by atoms with E-state index < -0.39 is 0 Å². The molecule has 4 heteroatoms. The average Bonchev–Trinajstić information content (AvgIpc) is 2.36. The first-order valence-corrected chi connectivity index (χ1v) is 5.97. The first kappa shape index (κ1) is 13.3. The van der Waals surface area contributed by atoms with Crippen LogP contribution < -0.4 is 10.2 Å². The fourth-order valence-electron chi connectivity index (χ4n) is 1.56. The Bertz CT molecular complexity index is 383. The molecule has 1 heterocycles. The molecule has 0 radical (unpaired) electrons. The number of nitrogens with one attached hydrogen (secondary N) is 1. The van der Waals surface area contributed by atoms with Gasteiger partial charge in [-0.3, -0.25) is 4.98 Å². The summed E-state index contributed by atoms with van der Waals surface area (Å²) in [7, 11) is 1.98. The highest BCUT2D eigenvalue weighted by atomic mass is 15.1. The lowest BCUT2D eigenvalue weighted by Crippen LogP contribution is -2.23. The van der Waals surface area contributed by atoms with Gasteiger partial charge in [0.2, 0.25) is 0 Å². The third-order valence-corrected chi connectivity index (χ3v) is 2.51. The van der Waals surface area contributed by atoms with Crippen molar-refractivity contribution in [2.45, 2.75) is 20.3 Å². The van der Waals surface area contributed by atoms with Crippen LogP contribution in [0.1, 0.15) is 20.3 Å². The third-order valence-electron chi connectivity index (χ3n) is 2.51. The quantitative estimate of drug-likeness (QED) is 0.818. The van der Waals surface area contributed by atoms with Gasteiger partial charge in [-0.05, 0) is 19.4 Å². The van der Waals surface area contributed by atoms with Crippen LogP contribution in [0.2, 0.25) is 0 Å². The van der Waals surface area contributed by atoms with E-state index in [1.807, 2.05) is 26.4 Å². The molecule has 0 aliphatic rings. The minimum absolute atomic E-state index is 0.0206. The lowest BCUT2D eigenvalue weighted by molar-refractivity contribution is 0.715. The molecule has 0 spiro atoms. The molecule has 17 heavy (non-hydrogen) atoms. The van der Waals surface area contributed by atoms with Gasteiger partial charge in [0.05, 0.1) is 35.8 Å². The van der Waals surface area contributed by atoms with Gasteiger partial charge in [-0.15, -0.1) is 0 Å². The summed E-state index contributed by atoms with van der Waals surface area (Å²) >= 11 is 0. The molecule has 4 nitrogen and oxygen atoms in total. The molecule has 1 unspecified atom stereocenters. The normalized spacial score (nSPS) is 11.6. The molecule has 0 fully saturated rings. The van der Waals surface area contributed by atoms with Gasteiger partial charge in [0, 0.05) is 20.1 Å². The maximum Gasteiger partial charge on any atom is 0.0671 e. The molecule has 92 valence electrons. The first-order chi connectivity index (χ1) is 8.17. The van der Waals surface area contributed by atoms with E-state index >= 15 is 0 Å². The summed E-state index contributed by atoms with van der Waals surface area (Å²) in [6, 6.07) is 4.30. The summed E-state index contributed by atoms with van der Waals surface area (Å²) < 4.78 is 0. The van der Waals surface area contributed by atoms with E-state index in [0.29, 0.717) is 0 Å². The van der Waals surface area contributed by atoms with Gasteiger partial charge in [0.15, 0.2) is 0 Å². The Morgan fingerprint density at radius 1 is 1.53 bits per heavy atom. The molecule has 0 aliphatic carbocycles. The number of hydrogen-bond donors (Lipinski definition) is 1. The number of anilines is 2. The molecular weight excluding hydrogens is 212 g/mol. The van der Waals surface area contributed by atoms with Crippen molar-refractivity contribution >= 4 is 11.4 Å². The highest BCUT2D eigenvalue weighted by molar-refractivity contribution is 5.55. The van der Waals surface area contributed by atoms with Crippen molar-refractivity contribution in [3.05, 3.63) is 18.5 Å². The molecule has 1 aromatic heterocycles. The molecule has 0 aromatic carbocycles. The molecule has 0 bridgehead atoms. The van der Waals surface area contributed by atoms with Crippen LogP contribution in [0, 0.1) is 17.2 Å². The van der Waals surface area contributed by atoms with E-state index in [0.717, 1.165) is 30.9 Å². The molecule has 0 saturated carbocycles. The van der Waals surface area contributed by atoms with Crippen LogP contribution in [0.4, 0.5) is 11.4 Å². The highest BCUT2D eigenvalue weighted by Crippen LogP contribution is 2.17. The van der Waals surface area contributed by atoms with Crippen molar-refractivity contribution in [3.8, 4) is 6.07 Å². The summed E-state index contributed by atoms with van der Waals surface area (Å²) in [6.07, 6.45) is 4.73. The first-order valence-electron chi connectivity index (χ1n) is 5.97. The molecule has 0 aliphatic heterocycles. The van der Waals surface area contributed by atoms with Crippen LogP contribution in [0.15, 0.2) is 18.5 Å². The second-order valence-corrected chi connectivity index (χ2v) is 4.27. The van der Waals surface area contributed by atoms with E-state index in [4.69, 9.17) is 5.26 Å². The summed E-state index contributed by atoms with van der Waals surface area (Å²) in [4.78, 5) is 6.26. The largest absolute Gasteiger partial charge is 0.384 e. The number of rotatable bonds is 6. The van der Waals surface area contributed by atoms with E-state index in [-0.39, 0.29) is 5.92 Å². The zero-order chi connectivity index (χ0) is 12.7. The van der Waals surface area contributed by atoms with Crippen LogP contribution >= 0.6 is 0 Å². The zero-order valence-electron chi connectivity index (χ0n) is 10.8. The Balaban J connectivity index is 2.67. The van der Waals surface area contributed by atoms with Gasteiger partial charge in [-0.25, -0.2) is 0 Å². The minimum atomic E-state index is 0.0206. The molecular formula is C13H20N4. The molecule has 1 aromatic rings. The molecule has 1 N–H and O–H groups in total. The Morgan fingerprint density at radius 3 is 2.94 bits per heavy atom. The van der Waals surface area contributed by atoms with Crippen LogP contribution in [0.5, 0.6) is 0 Å². The summed E-state index contributed by atoms with van der Waals surface area (Å²) in [6.45, 7) is 5.72. The third kappa shape index (κ3) is 4.31. The van der Waals surface area contributed by atoms with Crippen molar-refractivity contribution in [2.75, 3.05) is 30.4 Å². The van der Waals surface area contributed by atoms with Crippen molar-refractivity contribution in [1.82, 2.24) is 4.98 Å². The van der Waals surface area contributed by atoms with Gasteiger partial charge in [-0.2, -0.15) is 5.26 Å². The molecule has 0 amide bonds. The molecule has 0 saturated heterocycles. The highest BCUT2D eigenvalue weighted by Gasteiger charge is 2.07. The Labute approximate surface area is 103 Å². The Morgan fingerprint density at radius 2 is 2.29 bits per heavy atom. The van der Waals surface area contributed by atoms with Crippen LogP contribution in [0.3, 0.4) is 0 Å². The van der Waals surface area contributed by atoms with Gasteiger partial charge < -0.3 is 10.2 Å². The smallest absolute Gasteiger partial charge is 0.0671 e. The topological polar surface area (TPSA) is 52.0 Å². The van der Waals surface area contributed by atoms with E-state index in [1.54, 1.807) is 0 Å². The number of pyridine rings is 1. The van der Waals surface area contributed by atoms with Gasteiger partial charge >= 0.3 is 0 Å². The van der Waals surface area contributed by atoms with Crippen LogP contribution in [-0.2, 0) is 0 Å². The average molecular weight is 232 g/mol. The maximum absolute atomic E-state index is 8.80. The molecule has 1 rings (SSSR count). The van der Waals surface area contributed by atoms with Crippen molar-refractivity contribution in [3.63, 3.8) is 0 Å². The van der Waals surface area contributed by atoms with Crippen molar-refractivity contribution in [2.24, 2.45) is 5.92 Å². The summed E-state index contributed by atoms with van der Waals surface area (Å²) in [5.41, 5.74) is 2.06. The maximum atomic E-state index is 8.80. The Hall–Kier alpha value is -1.76. The molecule has 1 atom stereocenters. The number of aromatic nitrogens is 1. The number of nitrogens with zero attached hydrogens (tertiary/aromatic N) is 3. The predicted molar refractivity (Wildman–Crippen MR) is 71.1 cm³/mol. The monoisotopic (exact) mass is 232 g/mol. The predicted octanol–water partition coefficient (Wildman–Crippen LogP) is 2.50. The summed E-state index contributed by atoms with van der Waals surface area (Å²) in [5.74, 6) is 0.0206. The van der Waals surface area contributed by atoms with Gasteiger partial charge in [0.25, 0.3) is 0 Å². The number of nitriles is 1. The summed E-state index contributed by atoms with van der Waals surface area (Å²) in [5, 5.41) is 12.1. The number of hydrogen-bond acceptors (Lipinski definition) is 4. The van der Waals surface area contributed by atoms with E-state index in [1.165, 1.54) is 0 Å². The zero-order valence-corrected chi connectivity index (χ0v) is 10.8. The van der Waals surface area contributed by atoms with Gasteiger partial charge in [-0.1, -0.05) is 6.92 Å². The Kier molecular flexibility index (Phi) is 5.28. The lowest BCUT2D eigenvalue weighted by atomic mass is 10.2. The fraction of sp³-hybridized carbons (Fsp3) is 0.538. The van der Waals surface area contributed by atoms with Crippen molar-refractivity contribution in [1.29, 1.82) is 5.26 Å². The second kappa shape index (κ2) is 6.74. The van der Waals surface area contributed by atoms with Crippen LogP contribution in [-0.4, -0.2) is 25.1 Å². The lowest BCUT2D eigenvalue weighted by Gasteiger charge is -2.20. The van der Waals surface area contributed by atoms with E-state index in [9.17, 15) is 0 Å². The second-order valence-electron chi connectivity index (χ2n) is 4.27. The standard InChI is InChI=1S/C13H20N4/c1-4-5-16-12-6-13(9-15-8-12)17(3)10-11(2)7-14/h6,8-9,11,16H,4-5,10H2,1-3H3. The SMILES string of the molecule is CCCNc1cncc(N(C)CC(C)C#N)c1. The van der Waals surface area contributed by atoms with Gasteiger partial charge in [0.1, 0.15) is 0 Å². The minimum Gasteiger partial charge on any atom is -0.384 e. The fourth-order valence-corrected chi connectivity index (χ4v) is 1.56. The van der Waals surface area contributed by atoms with E-state index in [2.05, 4.69) is 34.3 Å². The van der Waals surface area contributed by atoms with Crippen molar-refractivity contribution < 1.29 is 0 Å².